The molecule has 4 heteroatoms. The van der Waals surface area contributed by atoms with Gasteiger partial charge in [-0.3, -0.25) is 0 Å². The van der Waals surface area contributed by atoms with Crippen molar-refractivity contribution >= 4 is 6.08 Å². The third kappa shape index (κ3) is 3.34. The number of allylic oxidation sites excluding steroid dienone is 5. The van der Waals surface area contributed by atoms with Crippen LogP contribution in [0.4, 0.5) is 0 Å². The number of benzene rings is 1. The minimum Gasteiger partial charge on any atom is -0.333 e. The van der Waals surface area contributed by atoms with Crippen LogP contribution in [-0.4, -0.2) is 9.55 Å². The van der Waals surface area contributed by atoms with E-state index in [2.05, 4.69) is 35.3 Å². The second-order valence-corrected chi connectivity index (χ2v) is 5.71. The minimum atomic E-state index is -1.05. The minimum absolute atomic E-state index is 0.405. The Balaban J connectivity index is 1.93. The molecule has 0 bridgehead atoms. The largest absolute Gasteiger partial charge is 0.333 e. The highest BCUT2D eigenvalue weighted by molar-refractivity contribution is 5.61. The number of hydrogen-bond acceptors (Lipinski definition) is 3. The Morgan fingerprint density at radius 1 is 1.25 bits per heavy atom. The van der Waals surface area contributed by atoms with Crippen molar-refractivity contribution < 1.29 is 0 Å². The van der Waals surface area contributed by atoms with E-state index in [-0.39, 0.29) is 0 Å². The van der Waals surface area contributed by atoms with Crippen molar-refractivity contribution in [2.45, 2.75) is 13.0 Å². The monoisotopic (exact) mass is 312 g/mol. The molecule has 4 nitrogen and oxygen atoms in total. The Kier molecular flexibility index (Phi) is 4.40. The summed E-state index contributed by atoms with van der Waals surface area (Å²) in [4.78, 5) is 4.09. The second-order valence-electron chi connectivity index (χ2n) is 5.71. The fourth-order valence-electron chi connectivity index (χ4n) is 2.62. The van der Waals surface area contributed by atoms with Crippen molar-refractivity contribution in [1.82, 2.24) is 9.55 Å². The van der Waals surface area contributed by atoms with E-state index in [0.717, 1.165) is 16.7 Å². The van der Waals surface area contributed by atoms with Gasteiger partial charge in [0.1, 0.15) is 0 Å². The molecule has 2 aromatic rings. The third-order valence-corrected chi connectivity index (χ3v) is 4.01. The highest BCUT2D eigenvalue weighted by Gasteiger charge is 2.28. The van der Waals surface area contributed by atoms with E-state index in [1.807, 2.05) is 41.1 Å². The molecule has 0 N–H and O–H groups in total. The van der Waals surface area contributed by atoms with Crippen LogP contribution in [0.1, 0.15) is 12.0 Å². The molecule has 0 atom stereocenters. The van der Waals surface area contributed by atoms with Crippen molar-refractivity contribution in [2.24, 2.45) is 5.41 Å². The molecule has 0 saturated heterocycles. The number of aromatic nitrogens is 2. The van der Waals surface area contributed by atoms with E-state index in [1.54, 1.807) is 18.6 Å². The fourth-order valence-corrected chi connectivity index (χ4v) is 2.62. The summed E-state index contributed by atoms with van der Waals surface area (Å²) in [5.74, 6) is 0. The second kappa shape index (κ2) is 6.81. The Labute approximate surface area is 141 Å². The molecule has 0 saturated carbocycles. The highest BCUT2D eigenvalue weighted by Crippen LogP contribution is 2.31. The van der Waals surface area contributed by atoms with Crippen LogP contribution in [0.5, 0.6) is 0 Å². The Hall–Kier alpha value is -3.37. The first kappa shape index (κ1) is 15.5. The smallest absolute Gasteiger partial charge is 0.165 e. The normalized spacial score (nSPS) is 16.1. The van der Waals surface area contributed by atoms with Crippen LogP contribution in [-0.2, 0) is 6.54 Å². The van der Waals surface area contributed by atoms with Crippen molar-refractivity contribution in [3.8, 4) is 12.1 Å². The van der Waals surface area contributed by atoms with Gasteiger partial charge in [0, 0.05) is 25.4 Å². The summed E-state index contributed by atoms with van der Waals surface area (Å²) >= 11 is 0. The zero-order chi connectivity index (χ0) is 16.8. The van der Waals surface area contributed by atoms with Gasteiger partial charge in [0.15, 0.2) is 5.41 Å². The molecule has 1 aliphatic carbocycles. The molecule has 0 aliphatic heterocycles. The van der Waals surface area contributed by atoms with Gasteiger partial charge in [0.05, 0.1) is 18.5 Å². The fraction of sp³-hybridized carbons (Fsp3) is 0.150. The SMILES string of the molecule is N#CC1(C#N)C=CC(/C(=C/c2ccccc2)Cn2ccnc2)=CC1. The van der Waals surface area contributed by atoms with Gasteiger partial charge >= 0.3 is 0 Å². The first-order valence-corrected chi connectivity index (χ1v) is 7.68. The average molecular weight is 312 g/mol. The summed E-state index contributed by atoms with van der Waals surface area (Å²) in [6.45, 7) is 0.678. The number of imidazole rings is 1. The maximum atomic E-state index is 9.23. The van der Waals surface area contributed by atoms with Crippen molar-refractivity contribution in [3.63, 3.8) is 0 Å². The predicted octanol–water partition coefficient (Wildman–Crippen LogP) is 3.89. The third-order valence-electron chi connectivity index (χ3n) is 4.01. The van der Waals surface area contributed by atoms with Crippen molar-refractivity contribution in [2.75, 3.05) is 0 Å². The predicted molar refractivity (Wildman–Crippen MR) is 92.1 cm³/mol. The van der Waals surface area contributed by atoms with Crippen LogP contribution in [0.25, 0.3) is 6.08 Å². The lowest BCUT2D eigenvalue weighted by Gasteiger charge is -2.19. The molecule has 0 spiro atoms. The van der Waals surface area contributed by atoms with E-state index in [1.165, 1.54) is 0 Å². The molecule has 1 heterocycles. The van der Waals surface area contributed by atoms with Crippen LogP contribution in [0, 0.1) is 28.1 Å². The topological polar surface area (TPSA) is 65.4 Å². The maximum absolute atomic E-state index is 9.23. The number of nitriles is 2. The maximum Gasteiger partial charge on any atom is 0.165 e. The first-order valence-electron chi connectivity index (χ1n) is 7.68. The van der Waals surface area contributed by atoms with Gasteiger partial charge < -0.3 is 4.57 Å². The lowest BCUT2D eigenvalue weighted by atomic mass is 9.81. The van der Waals surface area contributed by atoms with Crippen LogP contribution in [0.2, 0.25) is 0 Å². The lowest BCUT2D eigenvalue weighted by Crippen LogP contribution is -2.15. The van der Waals surface area contributed by atoms with Gasteiger partial charge in [0.25, 0.3) is 0 Å². The quantitative estimate of drug-likeness (QED) is 0.860. The molecule has 1 aromatic heterocycles. The van der Waals surface area contributed by atoms with E-state index in [4.69, 9.17) is 0 Å². The lowest BCUT2D eigenvalue weighted by molar-refractivity contribution is 0.662. The van der Waals surface area contributed by atoms with Crippen molar-refractivity contribution in [3.05, 3.63) is 84.0 Å². The zero-order valence-electron chi connectivity index (χ0n) is 13.1. The number of hydrogen-bond donors (Lipinski definition) is 0. The van der Waals surface area contributed by atoms with Crippen LogP contribution in [0.3, 0.4) is 0 Å². The summed E-state index contributed by atoms with van der Waals surface area (Å²) in [6, 6.07) is 14.3. The van der Waals surface area contributed by atoms with Gasteiger partial charge in [-0.25, -0.2) is 4.98 Å². The average Bonchev–Trinajstić information content (AvgIpc) is 3.15. The zero-order valence-corrected chi connectivity index (χ0v) is 13.1. The highest BCUT2D eigenvalue weighted by atomic mass is 15.0. The molecule has 3 rings (SSSR count). The number of nitrogens with zero attached hydrogens (tertiary/aromatic N) is 4. The molecule has 1 aliphatic rings. The molecule has 116 valence electrons. The van der Waals surface area contributed by atoms with E-state index in [0.29, 0.717) is 13.0 Å². The Morgan fingerprint density at radius 2 is 2.04 bits per heavy atom. The van der Waals surface area contributed by atoms with E-state index >= 15 is 0 Å². The van der Waals surface area contributed by atoms with Crippen molar-refractivity contribution in [1.29, 1.82) is 10.5 Å². The molecule has 1 aromatic carbocycles. The van der Waals surface area contributed by atoms with Gasteiger partial charge in [0.2, 0.25) is 0 Å². The van der Waals surface area contributed by atoms with Crippen LogP contribution >= 0.6 is 0 Å². The summed E-state index contributed by atoms with van der Waals surface area (Å²) in [5.41, 5.74) is 2.21. The molecular formula is C20H16N4. The van der Waals surface area contributed by atoms with E-state index in [9.17, 15) is 10.5 Å². The standard InChI is InChI=1S/C20H16N4/c21-14-20(15-22)8-6-18(7-9-20)19(13-24-11-10-23-16-24)12-17-4-2-1-3-5-17/h1-8,10-12,16H,9,13H2/b19-12+. The summed E-state index contributed by atoms with van der Waals surface area (Å²) < 4.78 is 2.00. The van der Waals surface area contributed by atoms with Gasteiger partial charge in [-0.1, -0.05) is 42.5 Å². The molecular weight excluding hydrogens is 296 g/mol. The van der Waals surface area contributed by atoms with Gasteiger partial charge in [-0.05, 0) is 28.9 Å². The molecule has 0 fully saturated rings. The Bertz CT molecular complexity index is 858. The summed E-state index contributed by atoms with van der Waals surface area (Å²) in [6.07, 6.45) is 13.5. The molecule has 0 radical (unpaired) electrons. The van der Waals surface area contributed by atoms with E-state index < -0.39 is 5.41 Å². The summed E-state index contributed by atoms with van der Waals surface area (Å²) in [5, 5.41) is 18.5. The number of rotatable bonds is 4. The molecule has 24 heavy (non-hydrogen) atoms. The van der Waals surface area contributed by atoms with Crippen LogP contribution < -0.4 is 0 Å². The van der Waals surface area contributed by atoms with Gasteiger partial charge in [-0.15, -0.1) is 0 Å². The molecule has 0 unspecified atom stereocenters. The van der Waals surface area contributed by atoms with Crippen LogP contribution in [0.15, 0.2) is 78.4 Å². The Morgan fingerprint density at radius 3 is 2.62 bits per heavy atom. The molecule has 0 amide bonds. The first-order chi connectivity index (χ1) is 11.7. The van der Waals surface area contributed by atoms with Gasteiger partial charge in [-0.2, -0.15) is 10.5 Å². The summed E-state index contributed by atoms with van der Waals surface area (Å²) in [7, 11) is 0.